The van der Waals surface area contributed by atoms with Crippen LogP contribution in [-0.2, 0) is 0 Å². The third-order valence-electron chi connectivity index (χ3n) is 5.43. The van der Waals surface area contributed by atoms with Crippen molar-refractivity contribution in [1.29, 1.82) is 0 Å². The molecular formula is C19H36F3N5. The summed E-state index contributed by atoms with van der Waals surface area (Å²) < 4.78 is 37.3. The van der Waals surface area contributed by atoms with Gasteiger partial charge in [-0.1, -0.05) is 6.42 Å². The van der Waals surface area contributed by atoms with Gasteiger partial charge in [-0.3, -0.25) is 9.89 Å². The highest BCUT2D eigenvalue weighted by atomic mass is 19.4. The van der Waals surface area contributed by atoms with E-state index < -0.39 is 12.7 Å². The highest BCUT2D eigenvalue weighted by Gasteiger charge is 2.32. The summed E-state index contributed by atoms with van der Waals surface area (Å²) in [5.74, 6) is 1.33. The van der Waals surface area contributed by atoms with Gasteiger partial charge in [-0.2, -0.15) is 13.2 Å². The number of hydrogen-bond acceptors (Lipinski definition) is 3. The molecule has 0 aromatic heterocycles. The van der Waals surface area contributed by atoms with Crippen molar-refractivity contribution in [2.75, 3.05) is 58.9 Å². The maximum atomic E-state index is 12.4. The predicted octanol–water partition coefficient (Wildman–Crippen LogP) is 2.69. The first-order valence-corrected chi connectivity index (χ1v) is 10.5. The smallest absolute Gasteiger partial charge is 0.357 e. The molecule has 2 aliphatic rings. The molecule has 0 bridgehead atoms. The third kappa shape index (κ3) is 9.65. The van der Waals surface area contributed by atoms with E-state index in [0.29, 0.717) is 19.0 Å². The van der Waals surface area contributed by atoms with Crippen molar-refractivity contribution in [2.45, 2.75) is 51.6 Å². The molecule has 0 unspecified atom stereocenters. The van der Waals surface area contributed by atoms with E-state index >= 15 is 0 Å². The first-order chi connectivity index (χ1) is 13.0. The van der Waals surface area contributed by atoms with Gasteiger partial charge in [0.1, 0.15) is 0 Å². The summed E-state index contributed by atoms with van der Waals surface area (Å²) in [7, 11) is 0. The zero-order valence-corrected chi connectivity index (χ0v) is 16.7. The molecule has 0 saturated carbocycles. The van der Waals surface area contributed by atoms with Crippen LogP contribution in [0.2, 0.25) is 0 Å². The largest absolute Gasteiger partial charge is 0.401 e. The molecule has 0 atom stereocenters. The van der Waals surface area contributed by atoms with Gasteiger partial charge in [-0.15, -0.1) is 0 Å². The summed E-state index contributed by atoms with van der Waals surface area (Å²) in [6.07, 6.45) is 2.49. The Balaban J connectivity index is 1.63. The predicted molar refractivity (Wildman–Crippen MR) is 104 cm³/mol. The summed E-state index contributed by atoms with van der Waals surface area (Å²) in [6, 6.07) is 0. The minimum absolute atomic E-state index is 0.481. The number of aliphatic imine (C=N–C) groups is 1. The molecule has 2 N–H and O–H groups in total. The van der Waals surface area contributed by atoms with Gasteiger partial charge in [-0.05, 0) is 71.1 Å². The number of alkyl halides is 3. The normalized spacial score (nSPS) is 21.4. The molecule has 0 aromatic carbocycles. The van der Waals surface area contributed by atoms with E-state index in [1.54, 1.807) is 0 Å². The molecule has 27 heavy (non-hydrogen) atoms. The Kier molecular flexibility index (Phi) is 9.68. The fraction of sp³-hybridized carbons (Fsp3) is 0.947. The second kappa shape index (κ2) is 11.7. The number of nitrogens with one attached hydrogen (secondary N) is 2. The van der Waals surface area contributed by atoms with Crippen LogP contribution in [0.1, 0.15) is 45.4 Å². The van der Waals surface area contributed by atoms with E-state index in [1.165, 1.54) is 37.3 Å². The summed E-state index contributed by atoms with van der Waals surface area (Å²) in [5.41, 5.74) is 0. The van der Waals surface area contributed by atoms with E-state index in [9.17, 15) is 13.2 Å². The van der Waals surface area contributed by atoms with E-state index in [0.717, 1.165) is 51.4 Å². The molecule has 2 rings (SSSR count). The van der Waals surface area contributed by atoms with Gasteiger partial charge in [0.05, 0.1) is 6.54 Å². The quantitative estimate of drug-likeness (QED) is 0.493. The van der Waals surface area contributed by atoms with Crippen LogP contribution in [0.25, 0.3) is 0 Å². The third-order valence-corrected chi connectivity index (χ3v) is 5.43. The summed E-state index contributed by atoms with van der Waals surface area (Å²) >= 11 is 0. The van der Waals surface area contributed by atoms with Gasteiger partial charge in [0.15, 0.2) is 5.96 Å². The van der Waals surface area contributed by atoms with Crippen LogP contribution < -0.4 is 10.6 Å². The van der Waals surface area contributed by atoms with Crippen LogP contribution in [0.5, 0.6) is 0 Å². The maximum absolute atomic E-state index is 12.4. The topological polar surface area (TPSA) is 42.9 Å². The first kappa shape index (κ1) is 22.3. The van der Waals surface area contributed by atoms with Crippen LogP contribution in [0.3, 0.4) is 0 Å². The fourth-order valence-corrected chi connectivity index (χ4v) is 3.90. The van der Waals surface area contributed by atoms with E-state index in [-0.39, 0.29) is 0 Å². The fourth-order valence-electron chi connectivity index (χ4n) is 3.90. The molecule has 0 radical (unpaired) electrons. The number of nitrogens with zero attached hydrogens (tertiary/aromatic N) is 3. The Bertz CT molecular complexity index is 428. The van der Waals surface area contributed by atoms with Crippen LogP contribution in [0.4, 0.5) is 13.2 Å². The lowest BCUT2D eigenvalue weighted by molar-refractivity contribution is -0.148. The molecule has 0 amide bonds. The summed E-state index contributed by atoms with van der Waals surface area (Å²) in [5, 5.41) is 6.68. The summed E-state index contributed by atoms with van der Waals surface area (Å²) in [4.78, 5) is 8.67. The Labute approximate surface area is 161 Å². The molecule has 2 saturated heterocycles. The number of likely N-dealkylation sites (tertiary alicyclic amines) is 2. The molecule has 0 spiro atoms. The van der Waals surface area contributed by atoms with Crippen molar-refractivity contribution < 1.29 is 13.2 Å². The van der Waals surface area contributed by atoms with Crippen molar-refractivity contribution in [3.63, 3.8) is 0 Å². The number of hydrogen-bond donors (Lipinski definition) is 2. The zero-order chi connectivity index (χ0) is 19.5. The van der Waals surface area contributed by atoms with E-state index in [1.807, 2.05) is 0 Å². The molecule has 2 fully saturated rings. The lowest BCUT2D eigenvalue weighted by atomic mass is 9.93. The standard InChI is InChI=1S/C19H36F3N5/c1-2-23-18(25-10-15-26-11-4-3-5-12-26)24-9-6-17-7-13-27(14-8-17)16-19(20,21)22/h17H,2-16H2,1H3,(H2,23,24,25). The van der Waals surface area contributed by atoms with Crippen LogP contribution in [0.15, 0.2) is 4.99 Å². The van der Waals surface area contributed by atoms with Crippen LogP contribution in [-0.4, -0.2) is 80.8 Å². The minimum atomic E-state index is -4.09. The Morgan fingerprint density at radius 2 is 1.70 bits per heavy atom. The highest BCUT2D eigenvalue weighted by molar-refractivity contribution is 5.79. The van der Waals surface area contributed by atoms with Crippen LogP contribution in [0, 0.1) is 5.92 Å². The van der Waals surface area contributed by atoms with Crippen LogP contribution >= 0.6 is 0 Å². The number of rotatable bonds is 8. The first-order valence-electron chi connectivity index (χ1n) is 10.5. The van der Waals surface area contributed by atoms with Gasteiger partial charge >= 0.3 is 6.18 Å². The van der Waals surface area contributed by atoms with Crippen molar-refractivity contribution in [3.05, 3.63) is 0 Å². The average Bonchev–Trinajstić information content (AvgIpc) is 2.63. The maximum Gasteiger partial charge on any atom is 0.401 e. The Morgan fingerprint density at radius 3 is 2.33 bits per heavy atom. The van der Waals surface area contributed by atoms with Gasteiger partial charge in [0.2, 0.25) is 0 Å². The minimum Gasteiger partial charge on any atom is -0.357 e. The highest BCUT2D eigenvalue weighted by Crippen LogP contribution is 2.24. The van der Waals surface area contributed by atoms with Crippen molar-refractivity contribution >= 4 is 5.96 Å². The summed E-state index contributed by atoms with van der Waals surface area (Å²) in [6.45, 7) is 8.24. The molecule has 2 heterocycles. The average molecular weight is 392 g/mol. The number of guanidine groups is 1. The van der Waals surface area contributed by atoms with Gasteiger partial charge in [0.25, 0.3) is 0 Å². The van der Waals surface area contributed by atoms with E-state index in [2.05, 4.69) is 27.4 Å². The van der Waals surface area contributed by atoms with Crippen molar-refractivity contribution in [2.24, 2.45) is 10.9 Å². The molecule has 158 valence electrons. The molecule has 0 aromatic rings. The monoisotopic (exact) mass is 391 g/mol. The Hall–Kier alpha value is -1.02. The van der Waals surface area contributed by atoms with E-state index in [4.69, 9.17) is 0 Å². The zero-order valence-electron chi connectivity index (χ0n) is 16.7. The van der Waals surface area contributed by atoms with Gasteiger partial charge < -0.3 is 15.5 Å². The SMILES string of the molecule is CCNC(=NCCC1CCN(CC(F)(F)F)CC1)NCCN1CCCCC1. The molecule has 5 nitrogen and oxygen atoms in total. The second-order valence-corrected chi connectivity index (χ2v) is 7.71. The Morgan fingerprint density at radius 1 is 1.00 bits per heavy atom. The lowest BCUT2D eigenvalue weighted by Gasteiger charge is -2.32. The number of halogens is 3. The molecule has 0 aliphatic carbocycles. The van der Waals surface area contributed by atoms with Crippen molar-refractivity contribution in [1.82, 2.24) is 20.4 Å². The molecule has 8 heteroatoms. The lowest BCUT2D eigenvalue weighted by Crippen LogP contribution is -2.43. The molecular weight excluding hydrogens is 355 g/mol. The number of piperidine rings is 2. The van der Waals surface area contributed by atoms with Gasteiger partial charge in [-0.25, -0.2) is 0 Å². The van der Waals surface area contributed by atoms with Gasteiger partial charge in [0, 0.05) is 26.2 Å². The second-order valence-electron chi connectivity index (χ2n) is 7.71. The van der Waals surface area contributed by atoms with Crippen molar-refractivity contribution in [3.8, 4) is 0 Å². The molecule has 2 aliphatic heterocycles.